The topological polar surface area (TPSA) is 114 Å². The lowest BCUT2D eigenvalue weighted by molar-refractivity contribution is -0.138. The number of nitrogen functional groups attached to an aromatic ring is 1. The number of nitrogens with zero attached hydrogens (tertiary/aromatic N) is 4. The fraction of sp³-hybridized carbons (Fsp3) is 0.238. The van der Waals surface area contributed by atoms with Crippen molar-refractivity contribution >= 4 is 48.2 Å². The molecule has 164 valence electrons. The first-order valence-electron chi connectivity index (χ1n) is 9.36. The van der Waals surface area contributed by atoms with Gasteiger partial charge >= 0.3 is 5.97 Å². The van der Waals surface area contributed by atoms with Gasteiger partial charge in [-0.3, -0.25) is 9.59 Å². The summed E-state index contributed by atoms with van der Waals surface area (Å²) in [7, 11) is 0. The molecular formula is C21H23Cl2N5O3. The van der Waals surface area contributed by atoms with Crippen LogP contribution in [0.3, 0.4) is 0 Å². The fourth-order valence-corrected chi connectivity index (χ4v) is 3.62. The minimum Gasteiger partial charge on any atom is -0.481 e. The summed E-state index contributed by atoms with van der Waals surface area (Å²) in [5, 5.41) is 9.69. The molecular weight excluding hydrogens is 441 g/mol. The van der Waals surface area contributed by atoms with E-state index in [-0.39, 0.29) is 43.2 Å². The van der Waals surface area contributed by atoms with Gasteiger partial charge in [0.2, 0.25) is 5.91 Å². The first-order valence-corrected chi connectivity index (χ1v) is 9.36. The zero-order chi connectivity index (χ0) is 20.4. The molecule has 2 atom stereocenters. The molecule has 3 N–H and O–H groups in total. The molecule has 1 aliphatic heterocycles. The lowest BCUT2D eigenvalue weighted by Crippen LogP contribution is -2.27. The van der Waals surface area contributed by atoms with Crippen LogP contribution in [-0.2, 0) is 16.0 Å². The molecule has 10 heteroatoms. The quantitative estimate of drug-likeness (QED) is 0.580. The van der Waals surface area contributed by atoms with Crippen LogP contribution in [-0.4, -0.2) is 38.1 Å². The van der Waals surface area contributed by atoms with Gasteiger partial charge in [0.25, 0.3) is 0 Å². The number of aromatic nitrogens is 3. The molecule has 2 unspecified atom stereocenters. The van der Waals surface area contributed by atoms with Crippen molar-refractivity contribution in [1.82, 2.24) is 14.5 Å². The molecule has 1 saturated heterocycles. The first-order chi connectivity index (χ1) is 14.0. The number of benzene rings is 1. The number of rotatable bonds is 6. The second-order valence-corrected chi connectivity index (χ2v) is 7.06. The number of carbonyl (C=O) groups excluding carboxylic acids is 1. The molecule has 8 nitrogen and oxygen atoms in total. The molecule has 0 aliphatic carbocycles. The maximum atomic E-state index is 12.9. The van der Waals surface area contributed by atoms with E-state index in [2.05, 4.69) is 9.97 Å². The number of carboxylic acids is 1. The average molecular weight is 464 g/mol. The molecule has 31 heavy (non-hydrogen) atoms. The van der Waals surface area contributed by atoms with Gasteiger partial charge in [0.1, 0.15) is 17.8 Å². The van der Waals surface area contributed by atoms with Crippen molar-refractivity contribution in [2.45, 2.75) is 24.8 Å². The summed E-state index contributed by atoms with van der Waals surface area (Å²) in [6.45, 7) is 0.612. The smallest absolute Gasteiger partial charge is 0.312 e. The lowest BCUT2D eigenvalue weighted by Gasteiger charge is -2.17. The van der Waals surface area contributed by atoms with E-state index in [0.717, 1.165) is 11.3 Å². The van der Waals surface area contributed by atoms with Crippen LogP contribution in [0.4, 0.5) is 11.5 Å². The first kappa shape index (κ1) is 24.2. The Morgan fingerprint density at radius 3 is 2.55 bits per heavy atom. The van der Waals surface area contributed by atoms with E-state index >= 15 is 0 Å². The third-order valence-electron chi connectivity index (χ3n) is 5.17. The summed E-state index contributed by atoms with van der Waals surface area (Å²) >= 11 is 0. The number of pyridine rings is 1. The largest absolute Gasteiger partial charge is 0.481 e. The Balaban J connectivity index is 0.00000171. The number of hydrogen-bond acceptors (Lipinski definition) is 5. The van der Waals surface area contributed by atoms with Gasteiger partial charge in [-0.25, -0.2) is 9.97 Å². The number of amides is 1. The molecule has 2 aromatic heterocycles. The third-order valence-corrected chi connectivity index (χ3v) is 5.17. The number of hydrogen-bond donors (Lipinski definition) is 2. The molecule has 3 aromatic rings. The van der Waals surface area contributed by atoms with Gasteiger partial charge in [0.15, 0.2) is 0 Å². The predicted octanol–water partition coefficient (Wildman–Crippen LogP) is 3.09. The van der Waals surface area contributed by atoms with Crippen LogP contribution in [0, 0.1) is 0 Å². The summed E-state index contributed by atoms with van der Waals surface area (Å²) in [4.78, 5) is 34.8. The van der Waals surface area contributed by atoms with Crippen molar-refractivity contribution in [3.63, 3.8) is 0 Å². The summed E-state index contributed by atoms with van der Waals surface area (Å²) in [5.74, 6) is -1.44. The van der Waals surface area contributed by atoms with Crippen molar-refractivity contribution in [2.75, 3.05) is 17.2 Å². The maximum absolute atomic E-state index is 12.9. The van der Waals surface area contributed by atoms with Crippen LogP contribution in [0.2, 0.25) is 0 Å². The van der Waals surface area contributed by atoms with E-state index in [1.165, 1.54) is 0 Å². The van der Waals surface area contributed by atoms with Gasteiger partial charge in [-0.1, -0.05) is 24.3 Å². The Morgan fingerprint density at radius 2 is 1.90 bits per heavy atom. The van der Waals surface area contributed by atoms with E-state index in [0.29, 0.717) is 24.5 Å². The molecule has 0 bridgehead atoms. The number of imidazole rings is 1. The molecule has 4 rings (SSSR count). The highest BCUT2D eigenvalue weighted by molar-refractivity contribution is 5.98. The lowest BCUT2D eigenvalue weighted by atomic mass is 9.98. The SMILES string of the molecule is Cl.Cl.Nc1ccc(CC(C(=O)O)c2cn(C3CCN(c4ccccc4)C3=O)cn2)cn1. The molecule has 3 heterocycles. The van der Waals surface area contributed by atoms with Crippen molar-refractivity contribution in [3.05, 3.63) is 72.4 Å². The van der Waals surface area contributed by atoms with E-state index in [1.54, 1.807) is 40.3 Å². The Bertz CT molecular complexity index is 1030. The monoisotopic (exact) mass is 463 g/mol. The minimum absolute atomic E-state index is 0. The van der Waals surface area contributed by atoms with Gasteiger partial charge in [-0.05, 0) is 36.6 Å². The molecule has 0 radical (unpaired) electrons. The molecule has 1 amide bonds. The number of halogens is 2. The number of carbonyl (C=O) groups is 2. The zero-order valence-electron chi connectivity index (χ0n) is 16.5. The van der Waals surface area contributed by atoms with Gasteiger partial charge in [0.05, 0.1) is 12.0 Å². The molecule has 0 spiro atoms. The highest BCUT2D eigenvalue weighted by atomic mass is 35.5. The number of carboxylic acid groups (broad SMARTS) is 1. The van der Waals surface area contributed by atoms with Gasteiger partial charge in [-0.2, -0.15) is 0 Å². The highest BCUT2D eigenvalue weighted by Crippen LogP contribution is 2.29. The number of anilines is 2. The normalized spacial score (nSPS) is 16.3. The van der Waals surface area contributed by atoms with Crippen LogP contribution in [0.1, 0.15) is 29.6 Å². The van der Waals surface area contributed by atoms with Crippen molar-refractivity contribution in [1.29, 1.82) is 0 Å². The second-order valence-electron chi connectivity index (χ2n) is 7.06. The van der Waals surface area contributed by atoms with Gasteiger partial charge in [0, 0.05) is 24.6 Å². The molecule has 0 saturated carbocycles. The van der Waals surface area contributed by atoms with Gasteiger partial charge < -0.3 is 20.3 Å². The third kappa shape index (κ3) is 5.15. The Hall–Kier alpha value is -3.10. The van der Waals surface area contributed by atoms with E-state index in [1.807, 2.05) is 30.3 Å². The molecule has 1 fully saturated rings. The van der Waals surface area contributed by atoms with Crippen LogP contribution in [0.5, 0.6) is 0 Å². The number of nitrogens with two attached hydrogens (primary N) is 1. The minimum atomic E-state index is -0.976. The average Bonchev–Trinajstić information content (AvgIpc) is 3.34. The van der Waals surface area contributed by atoms with Crippen LogP contribution >= 0.6 is 24.8 Å². The van der Waals surface area contributed by atoms with E-state index < -0.39 is 11.9 Å². The van der Waals surface area contributed by atoms with Crippen molar-refractivity contribution < 1.29 is 14.7 Å². The van der Waals surface area contributed by atoms with Crippen LogP contribution in [0.25, 0.3) is 0 Å². The number of para-hydroxylation sites is 1. The Morgan fingerprint density at radius 1 is 1.16 bits per heavy atom. The molecule has 1 aromatic carbocycles. The predicted molar refractivity (Wildman–Crippen MR) is 122 cm³/mol. The summed E-state index contributed by atoms with van der Waals surface area (Å²) in [6.07, 6.45) is 5.67. The fourth-order valence-electron chi connectivity index (χ4n) is 3.62. The summed E-state index contributed by atoms with van der Waals surface area (Å²) in [6, 6.07) is 12.5. The molecule has 1 aliphatic rings. The van der Waals surface area contributed by atoms with Crippen molar-refractivity contribution in [2.24, 2.45) is 0 Å². The Labute approximate surface area is 191 Å². The zero-order valence-corrected chi connectivity index (χ0v) is 18.1. The summed E-state index contributed by atoms with van der Waals surface area (Å²) < 4.78 is 1.72. The van der Waals surface area contributed by atoms with Gasteiger partial charge in [-0.15, -0.1) is 24.8 Å². The van der Waals surface area contributed by atoms with E-state index in [9.17, 15) is 14.7 Å². The van der Waals surface area contributed by atoms with Crippen LogP contribution < -0.4 is 10.6 Å². The second kappa shape index (κ2) is 10.3. The number of aliphatic carboxylic acids is 1. The summed E-state index contributed by atoms with van der Waals surface area (Å²) in [5.41, 5.74) is 7.62. The highest BCUT2D eigenvalue weighted by Gasteiger charge is 2.34. The van der Waals surface area contributed by atoms with E-state index in [4.69, 9.17) is 5.73 Å². The van der Waals surface area contributed by atoms with Crippen LogP contribution in [0.15, 0.2) is 61.2 Å². The Kier molecular flexibility index (Phi) is 8.01. The maximum Gasteiger partial charge on any atom is 0.312 e. The standard InChI is InChI=1S/C21H21N5O3.2ClH/c22-19-7-6-14(11-23-19)10-16(21(28)29)17-12-25(13-24-17)18-8-9-26(20(18)27)15-4-2-1-3-5-15;;/h1-7,11-13,16,18H,8-10H2,(H2,22,23)(H,28,29);2*1H. The van der Waals surface area contributed by atoms with Crippen molar-refractivity contribution in [3.8, 4) is 0 Å².